The lowest BCUT2D eigenvalue weighted by atomic mass is 9.72. The number of pyridine rings is 1. The third-order valence-corrected chi connectivity index (χ3v) is 9.23. The number of rotatable bonds is 10. The Bertz CT molecular complexity index is 1200. The second-order valence-electron chi connectivity index (χ2n) is 11.1. The van der Waals surface area contributed by atoms with Gasteiger partial charge in [0.15, 0.2) is 0 Å². The van der Waals surface area contributed by atoms with Crippen molar-refractivity contribution < 1.29 is 9.53 Å². The molecule has 2 heterocycles. The summed E-state index contributed by atoms with van der Waals surface area (Å²) >= 11 is 1.66. The van der Waals surface area contributed by atoms with Crippen LogP contribution in [0.1, 0.15) is 56.9 Å². The molecule has 38 heavy (non-hydrogen) atoms. The SMILES string of the molecule is COCCN(C)[C@H]1CC[C@H](CC(=O)Nc2cnc(-c3ccc(C4(N)CCC4)cc3)c(-c3ccsc3)c2)CC1. The Labute approximate surface area is 230 Å². The lowest BCUT2D eigenvalue weighted by Gasteiger charge is -2.38. The number of nitrogens with one attached hydrogen (secondary N) is 1. The molecule has 1 amide bonds. The van der Waals surface area contributed by atoms with Crippen LogP contribution in [0.4, 0.5) is 5.69 Å². The molecule has 2 fully saturated rings. The van der Waals surface area contributed by atoms with Crippen molar-refractivity contribution in [3.63, 3.8) is 0 Å². The van der Waals surface area contributed by atoms with Crippen LogP contribution >= 0.6 is 11.3 Å². The summed E-state index contributed by atoms with van der Waals surface area (Å²) in [6.07, 6.45) is 10.1. The van der Waals surface area contributed by atoms with Gasteiger partial charge in [-0.2, -0.15) is 11.3 Å². The van der Waals surface area contributed by atoms with Crippen LogP contribution in [0.15, 0.2) is 53.4 Å². The molecule has 2 saturated carbocycles. The fourth-order valence-corrected chi connectivity index (χ4v) is 6.55. The number of amides is 1. The molecule has 3 N–H and O–H groups in total. The lowest BCUT2D eigenvalue weighted by Crippen LogP contribution is -2.43. The number of benzene rings is 1. The Balaban J connectivity index is 1.24. The number of carbonyl (C=O) groups excluding carboxylic acids is 1. The van der Waals surface area contributed by atoms with Crippen LogP contribution < -0.4 is 11.1 Å². The molecule has 0 unspecified atom stereocenters. The number of likely N-dealkylation sites (N-methyl/N-ethyl adjacent to an activating group) is 1. The highest BCUT2D eigenvalue weighted by atomic mass is 32.1. The number of aromatic nitrogens is 1. The number of hydrogen-bond donors (Lipinski definition) is 2. The van der Waals surface area contributed by atoms with Crippen molar-refractivity contribution in [2.24, 2.45) is 11.7 Å². The van der Waals surface area contributed by atoms with Crippen molar-refractivity contribution in [2.45, 2.75) is 62.9 Å². The summed E-state index contributed by atoms with van der Waals surface area (Å²) < 4.78 is 5.22. The van der Waals surface area contributed by atoms with Gasteiger partial charge in [0.1, 0.15) is 0 Å². The topological polar surface area (TPSA) is 80.5 Å². The molecular formula is C31H40N4O2S. The maximum Gasteiger partial charge on any atom is 0.224 e. The van der Waals surface area contributed by atoms with E-state index in [1.165, 1.54) is 12.0 Å². The van der Waals surface area contributed by atoms with E-state index in [9.17, 15) is 4.79 Å². The zero-order chi connectivity index (χ0) is 26.5. The summed E-state index contributed by atoms with van der Waals surface area (Å²) in [5.74, 6) is 0.510. The van der Waals surface area contributed by atoms with E-state index in [1.807, 2.05) is 0 Å². The highest BCUT2D eigenvalue weighted by Crippen LogP contribution is 2.40. The van der Waals surface area contributed by atoms with E-state index in [4.69, 9.17) is 15.5 Å². The molecule has 0 bridgehead atoms. The molecular weight excluding hydrogens is 492 g/mol. The highest BCUT2D eigenvalue weighted by Gasteiger charge is 2.34. The highest BCUT2D eigenvalue weighted by molar-refractivity contribution is 7.08. The van der Waals surface area contributed by atoms with Crippen LogP contribution in [0.5, 0.6) is 0 Å². The Kier molecular flexibility index (Phi) is 8.58. The van der Waals surface area contributed by atoms with E-state index >= 15 is 0 Å². The number of nitrogens with two attached hydrogens (primary N) is 1. The van der Waals surface area contributed by atoms with Crippen LogP contribution in [-0.4, -0.2) is 49.1 Å². The van der Waals surface area contributed by atoms with Gasteiger partial charge in [-0.1, -0.05) is 24.3 Å². The molecule has 0 aliphatic heterocycles. The van der Waals surface area contributed by atoms with Crippen molar-refractivity contribution >= 4 is 22.9 Å². The zero-order valence-corrected chi connectivity index (χ0v) is 23.4. The maximum absolute atomic E-state index is 13.0. The Hall–Kier alpha value is -2.58. The first kappa shape index (κ1) is 27.0. The molecule has 0 spiro atoms. The van der Waals surface area contributed by atoms with Gasteiger partial charge in [0.05, 0.1) is 24.2 Å². The van der Waals surface area contributed by atoms with Crippen molar-refractivity contribution in [2.75, 3.05) is 32.6 Å². The fraction of sp³-hybridized carbons (Fsp3) is 0.484. The van der Waals surface area contributed by atoms with E-state index in [-0.39, 0.29) is 11.4 Å². The van der Waals surface area contributed by atoms with E-state index in [0.29, 0.717) is 18.4 Å². The second kappa shape index (κ2) is 12.1. The van der Waals surface area contributed by atoms with Crippen LogP contribution in [0.25, 0.3) is 22.4 Å². The number of hydrogen-bond acceptors (Lipinski definition) is 6. The van der Waals surface area contributed by atoms with Gasteiger partial charge in [0.2, 0.25) is 5.91 Å². The third-order valence-electron chi connectivity index (χ3n) is 8.54. The molecule has 0 radical (unpaired) electrons. The average Bonchev–Trinajstić information content (AvgIpc) is 3.46. The Morgan fingerprint density at radius 2 is 1.92 bits per heavy atom. The Morgan fingerprint density at radius 3 is 2.55 bits per heavy atom. The average molecular weight is 533 g/mol. The van der Waals surface area contributed by atoms with Crippen molar-refractivity contribution in [1.82, 2.24) is 9.88 Å². The van der Waals surface area contributed by atoms with E-state index < -0.39 is 0 Å². The molecule has 7 heteroatoms. The largest absolute Gasteiger partial charge is 0.383 e. The standard InChI is InChI=1S/C31H40N4O2S/c1-35(15-16-37-2)27-10-4-22(5-11-27)18-29(36)34-26-19-28(24-12-17-38-21-24)30(33-20-26)23-6-8-25(9-7-23)31(32)13-3-14-31/h6-9,12,17,19-22,27H,3-5,10-11,13-16,18,32H2,1-2H3,(H,34,36)/t22-,27-. The van der Waals surface area contributed by atoms with Gasteiger partial charge in [0, 0.05) is 42.8 Å². The fourth-order valence-electron chi connectivity index (χ4n) is 5.89. The predicted octanol–water partition coefficient (Wildman–Crippen LogP) is 6.28. The van der Waals surface area contributed by atoms with E-state index in [1.54, 1.807) is 24.6 Å². The quantitative estimate of drug-likeness (QED) is 0.321. The second-order valence-corrected chi connectivity index (χ2v) is 11.9. The van der Waals surface area contributed by atoms with E-state index in [0.717, 1.165) is 79.7 Å². The maximum atomic E-state index is 13.0. The number of nitrogens with zero attached hydrogens (tertiary/aromatic N) is 2. The molecule has 0 saturated heterocycles. The number of thiophene rings is 1. The first-order chi connectivity index (χ1) is 18.4. The van der Waals surface area contributed by atoms with Crippen LogP contribution in [0.2, 0.25) is 0 Å². The van der Waals surface area contributed by atoms with Gasteiger partial charge >= 0.3 is 0 Å². The molecule has 6 nitrogen and oxygen atoms in total. The van der Waals surface area contributed by atoms with Gasteiger partial charge in [-0.25, -0.2) is 0 Å². The van der Waals surface area contributed by atoms with Crippen LogP contribution in [0.3, 0.4) is 0 Å². The van der Waals surface area contributed by atoms with Gasteiger partial charge < -0.3 is 20.7 Å². The predicted molar refractivity (Wildman–Crippen MR) is 156 cm³/mol. The van der Waals surface area contributed by atoms with Crippen molar-refractivity contribution in [3.05, 3.63) is 58.9 Å². The molecule has 2 aromatic heterocycles. The summed E-state index contributed by atoms with van der Waals surface area (Å²) in [5, 5.41) is 7.34. The zero-order valence-electron chi connectivity index (χ0n) is 22.6. The molecule has 3 aromatic rings. The van der Waals surface area contributed by atoms with Crippen molar-refractivity contribution in [1.29, 1.82) is 0 Å². The summed E-state index contributed by atoms with van der Waals surface area (Å²) in [4.78, 5) is 20.2. The van der Waals surface area contributed by atoms with Gasteiger partial charge in [-0.3, -0.25) is 9.78 Å². The number of carbonyl (C=O) groups is 1. The minimum absolute atomic E-state index is 0.0742. The van der Waals surface area contributed by atoms with Gasteiger partial charge in [0.25, 0.3) is 0 Å². The summed E-state index contributed by atoms with van der Waals surface area (Å²) in [5.41, 5.74) is 12.4. The first-order valence-corrected chi connectivity index (χ1v) is 14.8. The minimum Gasteiger partial charge on any atom is -0.383 e. The van der Waals surface area contributed by atoms with Crippen molar-refractivity contribution in [3.8, 4) is 22.4 Å². The smallest absolute Gasteiger partial charge is 0.224 e. The molecule has 202 valence electrons. The minimum atomic E-state index is -0.171. The van der Waals surface area contributed by atoms with E-state index in [2.05, 4.69) is 64.4 Å². The number of methoxy groups -OCH3 is 1. The van der Waals surface area contributed by atoms with Crippen LogP contribution in [-0.2, 0) is 15.1 Å². The summed E-state index contributed by atoms with van der Waals surface area (Å²) in [6, 6.07) is 13.3. The molecule has 2 aliphatic carbocycles. The monoisotopic (exact) mass is 532 g/mol. The molecule has 1 aromatic carbocycles. The van der Waals surface area contributed by atoms with Crippen LogP contribution in [0, 0.1) is 5.92 Å². The first-order valence-electron chi connectivity index (χ1n) is 13.9. The third kappa shape index (κ3) is 6.18. The van der Waals surface area contributed by atoms with Gasteiger partial charge in [-0.15, -0.1) is 0 Å². The molecule has 5 rings (SSSR count). The number of anilines is 1. The molecule has 2 aliphatic rings. The normalized spacial score (nSPS) is 20.7. The Morgan fingerprint density at radius 1 is 1.16 bits per heavy atom. The lowest BCUT2D eigenvalue weighted by molar-refractivity contribution is -0.117. The van der Waals surface area contributed by atoms with Gasteiger partial charge in [-0.05, 0) is 91.9 Å². The molecule has 0 atom stereocenters. The summed E-state index contributed by atoms with van der Waals surface area (Å²) in [6.45, 7) is 1.72. The summed E-state index contributed by atoms with van der Waals surface area (Å²) in [7, 11) is 3.93. The number of ether oxygens (including phenoxy) is 1.